The predicted molar refractivity (Wildman–Crippen MR) is 72.0 cm³/mol. The van der Waals surface area contributed by atoms with Crippen molar-refractivity contribution in [3.63, 3.8) is 0 Å². The number of methoxy groups -OCH3 is 2. The molecule has 0 saturated carbocycles. The maximum atomic E-state index is 11.8. The second-order valence-electron chi connectivity index (χ2n) is 4.21. The number of aliphatic hydroxyl groups is 2. The van der Waals surface area contributed by atoms with Gasteiger partial charge >= 0.3 is 11.9 Å². The Morgan fingerprint density at radius 3 is 2.24 bits per heavy atom. The molecule has 1 aromatic heterocycles. The van der Waals surface area contributed by atoms with Gasteiger partial charge < -0.3 is 19.7 Å². The number of fused-ring (bicyclic) bond motifs is 1. The van der Waals surface area contributed by atoms with Gasteiger partial charge in [-0.05, 0) is 12.1 Å². The van der Waals surface area contributed by atoms with Crippen molar-refractivity contribution in [2.75, 3.05) is 14.2 Å². The lowest BCUT2D eigenvalue weighted by molar-refractivity contribution is -0.136. The summed E-state index contributed by atoms with van der Waals surface area (Å²) in [6.07, 6.45) is 1.06. The molecule has 21 heavy (non-hydrogen) atoms. The summed E-state index contributed by atoms with van der Waals surface area (Å²) >= 11 is 0. The van der Waals surface area contributed by atoms with Crippen LogP contribution in [0.2, 0.25) is 0 Å². The highest BCUT2D eigenvalue weighted by Gasteiger charge is 2.31. The van der Waals surface area contributed by atoms with Gasteiger partial charge in [0, 0.05) is 18.2 Å². The van der Waals surface area contributed by atoms with Crippen molar-refractivity contribution in [1.82, 2.24) is 4.98 Å². The second-order valence-corrected chi connectivity index (χ2v) is 4.21. The van der Waals surface area contributed by atoms with Gasteiger partial charge in [0.2, 0.25) is 0 Å². The van der Waals surface area contributed by atoms with Gasteiger partial charge in [0.1, 0.15) is 11.5 Å². The summed E-state index contributed by atoms with van der Waals surface area (Å²) in [7, 11) is 2.30. The molecule has 0 amide bonds. The zero-order chi connectivity index (χ0) is 15.6. The predicted octanol–water partition coefficient (Wildman–Crippen LogP) is 1.37. The van der Waals surface area contributed by atoms with E-state index in [9.17, 15) is 19.8 Å². The van der Waals surface area contributed by atoms with E-state index in [1.165, 1.54) is 18.3 Å². The monoisotopic (exact) mass is 291 g/mol. The van der Waals surface area contributed by atoms with Crippen LogP contribution in [0.25, 0.3) is 11.5 Å². The largest absolute Gasteiger partial charge is 0.507 e. The van der Waals surface area contributed by atoms with E-state index in [-0.39, 0.29) is 28.8 Å². The Kier molecular flexibility index (Phi) is 3.93. The molecule has 1 aliphatic rings. The van der Waals surface area contributed by atoms with Gasteiger partial charge in [-0.25, -0.2) is 9.59 Å². The van der Waals surface area contributed by atoms with Gasteiger partial charge in [-0.3, -0.25) is 4.98 Å². The number of rotatable bonds is 2. The van der Waals surface area contributed by atoms with E-state index in [1.807, 2.05) is 0 Å². The van der Waals surface area contributed by atoms with Crippen LogP contribution < -0.4 is 0 Å². The van der Waals surface area contributed by atoms with Crippen LogP contribution in [0.1, 0.15) is 17.7 Å². The number of aromatic nitrogens is 1. The second kappa shape index (κ2) is 5.66. The van der Waals surface area contributed by atoms with Gasteiger partial charge in [-0.15, -0.1) is 0 Å². The summed E-state index contributed by atoms with van der Waals surface area (Å²) in [6.45, 7) is 0. The average molecular weight is 291 g/mol. The fourth-order valence-electron chi connectivity index (χ4n) is 2.02. The van der Waals surface area contributed by atoms with Crippen LogP contribution in [0.15, 0.2) is 29.5 Å². The standard InChI is InChI=1S/C14H13NO6/c1-20-13(18)8-6-9(14(19)21-2)12(17)10-7(11(8)16)4-3-5-15-10/h3-5,16-17H,6H2,1-2H3. The Balaban J connectivity index is 2.74. The molecule has 7 nitrogen and oxygen atoms in total. The highest BCUT2D eigenvalue weighted by molar-refractivity contribution is 6.04. The molecule has 7 heteroatoms. The average Bonchev–Trinajstić information content (AvgIpc) is 2.63. The zero-order valence-corrected chi connectivity index (χ0v) is 11.4. The summed E-state index contributed by atoms with van der Waals surface area (Å²) in [5, 5.41) is 20.5. The summed E-state index contributed by atoms with van der Waals surface area (Å²) in [5.41, 5.74) is -0.207. The third kappa shape index (κ3) is 2.45. The molecule has 0 aromatic carbocycles. The third-order valence-electron chi connectivity index (χ3n) is 3.08. The quantitative estimate of drug-likeness (QED) is 0.792. The van der Waals surface area contributed by atoms with E-state index in [2.05, 4.69) is 14.5 Å². The molecule has 110 valence electrons. The number of ether oxygens (including phenoxy) is 2. The highest BCUT2D eigenvalue weighted by atomic mass is 16.5. The van der Waals surface area contributed by atoms with Crippen LogP contribution in [0.4, 0.5) is 0 Å². The molecule has 2 N–H and O–H groups in total. The SMILES string of the molecule is COC(=O)C1=C(O)c2cccnc2C(O)=C(C(=O)OC)C1. The normalized spacial score (nSPS) is 14.4. The fourth-order valence-corrected chi connectivity index (χ4v) is 2.02. The molecular formula is C14H13NO6. The molecule has 0 fully saturated rings. The lowest BCUT2D eigenvalue weighted by atomic mass is 10.0. The van der Waals surface area contributed by atoms with Crippen molar-refractivity contribution in [3.05, 3.63) is 40.7 Å². The van der Waals surface area contributed by atoms with Crippen LogP contribution >= 0.6 is 0 Å². The molecule has 0 unspecified atom stereocenters. The first-order chi connectivity index (χ1) is 10.0. The first-order valence-electron chi connectivity index (χ1n) is 5.97. The van der Waals surface area contributed by atoms with Crippen molar-refractivity contribution < 1.29 is 29.3 Å². The molecule has 0 radical (unpaired) electrons. The maximum absolute atomic E-state index is 11.8. The highest BCUT2D eigenvalue weighted by Crippen LogP contribution is 2.33. The van der Waals surface area contributed by atoms with Crippen molar-refractivity contribution in [2.45, 2.75) is 6.42 Å². The molecule has 0 saturated heterocycles. The molecular weight excluding hydrogens is 278 g/mol. The molecule has 0 atom stereocenters. The van der Waals surface area contributed by atoms with E-state index in [4.69, 9.17) is 0 Å². The van der Waals surface area contributed by atoms with E-state index in [0.717, 1.165) is 14.2 Å². The minimum Gasteiger partial charge on any atom is -0.507 e. The van der Waals surface area contributed by atoms with E-state index >= 15 is 0 Å². The van der Waals surface area contributed by atoms with Crippen molar-refractivity contribution >= 4 is 23.5 Å². The Morgan fingerprint density at radius 2 is 1.67 bits per heavy atom. The van der Waals surface area contributed by atoms with Gasteiger partial charge in [0.15, 0.2) is 5.76 Å². The van der Waals surface area contributed by atoms with Gasteiger partial charge in [-0.2, -0.15) is 0 Å². The molecule has 0 bridgehead atoms. The zero-order valence-electron chi connectivity index (χ0n) is 11.4. The number of esters is 2. The molecule has 0 spiro atoms. The number of carbonyl (C=O) groups is 2. The first kappa shape index (κ1) is 14.6. The number of nitrogens with zero attached hydrogens (tertiary/aromatic N) is 1. The van der Waals surface area contributed by atoms with Gasteiger partial charge in [0.05, 0.1) is 25.4 Å². The van der Waals surface area contributed by atoms with Gasteiger partial charge in [0.25, 0.3) is 0 Å². The van der Waals surface area contributed by atoms with Crippen LogP contribution in [-0.4, -0.2) is 41.4 Å². The van der Waals surface area contributed by atoms with Crippen molar-refractivity contribution in [1.29, 1.82) is 0 Å². The third-order valence-corrected chi connectivity index (χ3v) is 3.08. The summed E-state index contributed by atoms with van der Waals surface area (Å²) < 4.78 is 9.18. The minimum absolute atomic E-state index is 0.00527. The number of hydrogen-bond acceptors (Lipinski definition) is 7. The molecule has 2 rings (SSSR count). The molecule has 1 aromatic rings. The number of hydrogen-bond donors (Lipinski definition) is 2. The lowest BCUT2D eigenvalue weighted by Gasteiger charge is -2.08. The Labute approximate surface area is 120 Å². The number of carbonyl (C=O) groups excluding carboxylic acids is 2. The first-order valence-corrected chi connectivity index (χ1v) is 5.97. The van der Waals surface area contributed by atoms with Crippen LogP contribution in [0.3, 0.4) is 0 Å². The molecule has 1 aliphatic carbocycles. The Bertz CT molecular complexity index is 617. The van der Waals surface area contributed by atoms with Crippen LogP contribution in [0.5, 0.6) is 0 Å². The molecule has 0 aliphatic heterocycles. The lowest BCUT2D eigenvalue weighted by Crippen LogP contribution is -2.12. The van der Waals surface area contributed by atoms with Crippen molar-refractivity contribution in [2.24, 2.45) is 0 Å². The molecule has 1 heterocycles. The van der Waals surface area contributed by atoms with Crippen molar-refractivity contribution in [3.8, 4) is 0 Å². The van der Waals surface area contributed by atoms with E-state index in [0.29, 0.717) is 0 Å². The summed E-state index contributed by atoms with van der Waals surface area (Å²) in [4.78, 5) is 27.5. The van der Waals surface area contributed by atoms with E-state index in [1.54, 1.807) is 0 Å². The summed E-state index contributed by atoms with van der Waals surface area (Å²) in [5.74, 6) is -2.46. The smallest absolute Gasteiger partial charge is 0.337 e. The Morgan fingerprint density at radius 1 is 1.10 bits per heavy atom. The van der Waals surface area contributed by atoms with Crippen LogP contribution in [-0.2, 0) is 19.1 Å². The summed E-state index contributed by atoms with van der Waals surface area (Å²) in [6, 6.07) is 3.00. The topological polar surface area (TPSA) is 106 Å². The number of aliphatic hydroxyl groups excluding tert-OH is 2. The van der Waals surface area contributed by atoms with E-state index < -0.39 is 23.5 Å². The number of pyridine rings is 1. The van der Waals surface area contributed by atoms with Crippen LogP contribution in [0, 0.1) is 0 Å². The Hall–Kier alpha value is -2.83. The maximum Gasteiger partial charge on any atom is 0.337 e. The van der Waals surface area contributed by atoms with Gasteiger partial charge in [-0.1, -0.05) is 0 Å². The minimum atomic E-state index is -0.819. The fraction of sp³-hybridized carbons (Fsp3) is 0.214.